The minimum atomic E-state index is -3.94. The Labute approximate surface area is 178 Å². The van der Waals surface area contributed by atoms with E-state index < -0.39 is 45.5 Å². The summed E-state index contributed by atoms with van der Waals surface area (Å²) in [5.41, 5.74) is 1.63. The summed E-state index contributed by atoms with van der Waals surface area (Å²) in [6.45, 7) is 0. The largest absolute Gasteiger partial charge is 0.481 e. The average Bonchev–Trinajstić information content (AvgIpc) is 2.94. The molecule has 158 valence electrons. The van der Waals surface area contributed by atoms with Crippen molar-refractivity contribution < 1.29 is 27.9 Å². The molecule has 10 heteroatoms. The lowest BCUT2D eigenvalue weighted by Crippen LogP contribution is -2.37. The summed E-state index contributed by atoms with van der Waals surface area (Å²) in [6, 6.07) is 11.5. The van der Waals surface area contributed by atoms with Crippen LogP contribution < -0.4 is 5.32 Å². The van der Waals surface area contributed by atoms with Gasteiger partial charge in [-0.05, 0) is 41.8 Å². The Hall–Kier alpha value is -2.91. The Morgan fingerprint density at radius 3 is 2.10 bits per heavy atom. The quantitative estimate of drug-likeness (QED) is 0.625. The third kappa shape index (κ3) is 4.63. The number of aliphatic carboxylic acids is 1. The van der Waals surface area contributed by atoms with Crippen molar-refractivity contribution in [1.82, 2.24) is 10.2 Å². The number of carboxylic acids is 1. The van der Waals surface area contributed by atoms with Crippen molar-refractivity contribution in [2.24, 2.45) is 5.92 Å². The maximum Gasteiger partial charge on any atom is 0.324 e. The second kappa shape index (κ2) is 8.45. The average molecular weight is 451 g/mol. The molecule has 0 aliphatic carbocycles. The van der Waals surface area contributed by atoms with Crippen LogP contribution in [0.3, 0.4) is 0 Å². The van der Waals surface area contributed by atoms with Gasteiger partial charge in [-0.15, -0.1) is 0 Å². The summed E-state index contributed by atoms with van der Waals surface area (Å²) >= 11 is 5.87. The molecule has 1 fully saturated rings. The second-order valence-electron chi connectivity index (χ2n) is 7.00. The van der Waals surface area contributed by atoms with Gasteiger partial charge in [-0.3, -0.25) is 14.9 Å². The summed E-state index contributed by atoms with van der Waals surface area (Å²) in [7, 11) is -2.58. The Balaban J connectivity index is 1.78. The van der Waals surface area contributed by atoms with Gasteiger partial charge in [0, 0.05) is 12.1 Å². The van der Waals surface area contributed by atoms with Crippen LogP contribution in [0.2, 0.25) is 5.02 Å². The maximum atomic E-state index is 12.8. The second-order valence-corrected chi connectivity index (χ2v) is 9.48. The molecule has 0 spiro atoms. The van der Waals surface area contributed by atoms with Gasteiger partial charge >= 0.3 is 12.0 Å². The van der Waals surface area contributed by atoms with Crippen LogP contribution in [0.15, 0.2) is 53.4 Å². The number of urea groups is 1. The number of nitrogens with one attached hydrogen (secondary N) is 1. The van der Waals surface area contributed by atoms with Crippen LogP contribution in [0.1, 0.15) is 6.42 Å². The highest BCUT2D eigenvalue weighted by Crippen LogP contribution is 2.25. The first-order valence-electron chi connectivity index (χ1n) is 8.97. The van der Waals surface area contributed by atoms with Crippen molar-refractivity contribution in [3.8, 4) is 11.1 Å². The molecule has 1 heterocycles. The van der Waals surface area contributed by atoms with Crippen LogP contribution in [0, 0.1) is 5.92 Å². The van der Waals surface area contributed by atoms with E-state index in [1.165, 1.54) is 19.2 Å². The number of rotatable bonds is 7. The molecule has 0 aromatic heterocycles. The summed E-state index contributed by atoms with van der Waals surface area (Å²) < 4.78 is 25.6. The molecule has 2 unspecified atom stereocenters. The van der Waals surface area contributed by atoms with Gasteiger partial charge in [0.1, 0.15) is 6.04 Å². The standard InChI is InChI=1S/C20H19ClN2O6S/c1-23-17(18(24)22-20(23)27)10-14(19(25)26)11-30(28,29)16-8-4-13(5-9-16)12-2-6-15(21)7-3-12/h2-9,14,17H,10-11H2,1H3,(H,25,26)(H,22,24,27). The Bertz CT molecular complexity index is 1080. The first kappa shape index (κ1) is 21.8. The molecule has 0 radical (unpaired) electrons. The monoisotopic (exact) mass is 450 g/mol. The molecule has 0 saturated carbocycles. The lowest BCUT2D eigenvalue weighted by molar-refractivity contribution is -0.141. The van der Waals surface area contributed by atoms with E-state index in [1.807, 2.05) is 0 Å². The summed E-state index contributed by atoms with van der Waals surface area (Å²) in [5.74, 6) is -4.03. The number of benzene rings is 2. The number of halogens is 1. The van der Waals surface area contributed by atoms with Crippen molar-refractivity contribution in [1.29, 1.82) is 0 Å². The molecule has 1 aliphatic heterocycles. The molecule has 1 saturated heterocycles. The van der Waals surface area contributed by atoms with Crippen LogP contribution in [-0.4, -0.2) is 55.2 Å². The SMILES string of the molecule is CN1C(=O)NC(=O)C1CC(CS(=O)(=O)c1ccc(-c2ccc(Cl)cc2)cc1)C(=O)O. The Kier molecular flexibility index (Phi) is 6.14. The van der Waals surface area contributed by atoms with Gasteiger partial charge < -0.3 is 10.0 Å². The molecular formula is C20H19ClN2O6S. The van der Waals surface area contributed by atoms with Crippen molar-refractivity contribution in [3.63, 3.8) is 0 Å². The zero-order valence-corrected chi connectivity index (χ0v) is 17.5. The number of hydrogen-bond acceptors (Lipinski definition) is 5. The first-order valence-corrected chi connectivity index (χ1v) is 11.0. The lowest BCUT2D eigenvalue weighted by atomic mass is 10.0. The maximum absolute atomic E-state index is 12.8. The minimum absolute atomic E-state index is 0.0215. The molecule has 3 rings (SSSR count). The van der Waals surface area contributed by atoms with E-state index in [2.05, 4.69) is 5.32 Å². The molecule has 1 aliphatic rings. The Morgan fingerprint density at radius 1 is 1.10 bits per heavy atom. The van der Waals surface area contributed by atoms with Gasteiger partial charge in [0.25, 0.3) is 5.91 Å². The molecule has 8 nitrogen and oxygen atoms in total. The van der Waals surface area contributed by atoms with Gasteiger partial charge in [-0.2, -0.15) is 0 Å². The third-order valence-electron chi connectivity index (χ3n) is 4.99. The van der Waals surface area contributed by atoms with E-state index in [0.717, 1.165) is 16.0 Å². The van der Waals surface area contributed by atoms with Crippen molar-refractivity contribution in [3.05, 3.63) is 53.6 Å². The van der Waals surface area contributed by atoms with Gasteiger partial charge in [0.2, 0.25) is 0 Å². The number of imide groups is 1. The molecule has 2 atom stereocenters. The highest BCUT2D eigenvalue weighted by molar-refractivity contribution is 7.91. The van der Waals surface area contributed by atoms with Gasteiger partial charge in [-0.25, -0.2) is 13.2 Å². The molecule has 2 aromatic rings. The number of carbonyl (C=O) groups is 3. The minimum Gasteiger partial charge on any atom is -0.481 e. The number of nitrogens with zero attached hydrogens (tertiary/aromatic N) is 1. The number of likely N-dealkylation sites (N-methyl/N-ethyl adjacent to an activating group) is 1. The predicted molar refractivity (Wildman–Crippen MR) is 110 cm³/mol. The fourth-order valence-corrected chi connectivity index (χ4v) is 4.90. The topological polar surface area (TPSA) is 121 Å². The van der Waals surface area contributed by atoms with Crippen LogP contribution in [0.4, 0.5) is 4.79 Å². The van der Waals surface area contributed by atoms with Crippen LogP contribution in [0.5, 0.6) is 0 Å². The van der Waals surface area contributed by atoms with Crippen molar-refractivity contribution >= 4 is 39.3 Å². The highest BCUT2D eigenvalue weighted by Gasteiger charge is 2.40. The van der Waals surface area contributed by atoms with E-state index in [1.54, 1.807) is 36.4 Å². The number of sulfone groups is 1. The van der Waals surface area contributed by atoms with Gasteiger partial charge in [0.15, 0.2) is 9.84 Å². The van der Waals surface area contributed by atoms with Gasteiger partial charge in [-0.1, -0.05) is 35.9 Å². The summed E-state index contributed by atoms with van der Waals surface area (Å²) in [6.07, 6.45) is -0.300. The van der Waals surface area contributed by atoms with E-state index in [4.69, 9.17) is 11.6 Å². The van der Waals surface area contributed by atoms with E-state index in [0.29, 0.717) is 5.02 Å². The number of hydrogen-bond donors (Lipinski definition) is 2. The summed E-state index contributed by atoms with van der Waals surface area (Å²) in [4.78, 5) is 36.1. The van der Waals surface area contributed by atoms with E-state index in [9.17, 15) is 27.9 Å². The molecular weight excluding hydrogens is 432 g/mol. The number of carboxylic acid groups (broad SMARTS) is 1. The zero-order valence-electron chi connectivity index (χ0n) is 15.9. The van der Waals surface area contributed by atoms with Crippen LogP contribution in [0.25, 0.3) is 11.1 Å². The third-order valence-corrected chi connectivity index (χ3v) is 7.07. The predicted octanol–water partition coefficient (Wildman–Crippen LogP) is 2.42. The number of amides is 3. The lowest BCUT2D eigenvalue weighted by Gasteiger charge is -2.20. The number of carbonyl (C=O) groups excluding carboxylic acids is 2. The Morgan fingerprint density at radius 2 is 1.63 bits per heavy atom. The van der Waals surface area contributed by atoms with E-state index in [-0.39, 0.29) is 11.3 Å². The van der Waals surface area contributed by atoms with Gasteiger partial charge in [0.05, 0.1) is 16.6 Å². The fraction of sp³-hybridized carbons (Fsp3) is 0.250. The normalized spacial score (nSPS) is 17.7. The molecule has 30 heavy (non-hydrogen) atoms. The molecule has 3 amide bonds. The van der Waals surface area contributed by atoms with Crippen molar-refractivity contribution in [2.45, 2.75) is 17.4 Å². The zero-order chi connectivity index (χ0) is 22.1. The highest BCUT2D eigenvalue weighted by atomic mass is 35.5. The van der Waals surface area contributed by atoms with Crippen LogP contribution in [-0.2, 0) is 19.4 Å². The van der Waals surface area contributed by atoms with Crippen LogP contribution >= 0.6 is 11.6 Å². The molecule has 2 aromatic carbocycles. The summed E-state index contributed by atoms with van der Waals surface area (Å²) in [5, 5.41) is 12.1. The smallest absolute Gasteiger partial charge is 0.324 e. The fourth-order valence-electron chi connectivity index (χ4n) is 3.23. The van der Waals surface area contributed by atoms with Crippen molar-refractivity contribution in [2.75, 3.05) is 12.8 Å². The molecule has 0 bridgehead atoms. The van der Waals surface area contributed by atoms with E-state index >= 15 is 0 Å². The first-order chi connectivity index (χ1) is 14.1. The molecule has 2 N–H and O–H groups in total.